The van der Waals surface area contributed by atoms with Crippen LogP contribution < -0.4 is 10.6 Å². The molecule has 104 valence electrons. The Morgan fingerprint density at radius 1 is 1.32 bits per heavy atom. The van der Waals surface area contributed by atoms with Gasteiger partial charge in [0.25, 0.3) is 0 Å². The van der Waals surface area contributed by atoms with Crippen molar-refractivity contribution < 1.29 is 9.90 Å². The Balaban J connectivity index is 2.21. The summed E-state index contributed by atoms with van der Waals surface area (Å²) >= 11 is 0. The highest BCUT2D eigenvalue weighted by molar-refractivity contribution is 5.97. The van der Waals surface area contributed by atoms with Gasteiger partial charge in [0.15, 0.2) is 0 Å². The summed E-state index contributed by atoms with van der Waals surface area (Å²) in [7, 11) is 2.01. The summed E-state index contributed by atoms with van der Waals surface area (Å²) in [5.74, 6) is -0.169. The Morgan fingerprint density at radius 2 is 1.95 bits per heavy atom. The van der Waals surface area contributed by atoms with E-state index in [1.54, 1.807) is 12.1 Å². The summed E-state index contributed by atoms with van der Waals surface area (Å²) in [6.45, 7) is 2.29. The quantitative estimate of drug-likeness (QED) is 0.822. The van der Waals surface area contributed by atoms with Crippen molar-refractivity contribution in [2.75, 3.05) is 17.7 Å². The van der Waals surface area contributed by atoms with E-state index in [1.165, 1.54) is 12.8 Å². The molecule has 1 aliphatic carbocycles. The number of benzene rings is 1. The summed E-state index contributed by atoms with van der Waals surface area (Å²) in [5.41, 5.74) is 7.39. The van der Waals surface area contributed by atoms with Gasteiger partial charge in [-0.15, -0.1) is 0 Å². The minimum Gasteiger partial charge on any atom is -0.478 e. The summed E-state index contributed by atoms with van der Waals surface area (Å²) in [6.07, 6.45) is 4.75. The Bertz CT molecular complexity index is 465. The minimum absolute atomic E-state index is 0.188. The smallest absolute Gasteiger partial charge is 0.337 e. The van der Waals surface area contributed by atoms with Crippen LogP contribution in [-0.4, -0.2) is 24.2 Å². The largest absolute Gasteiger partial charge is 0.478 e. The van der Waals surface area contributed by atoms with Gasteiger partial charge >= 0.3 is 5.97 Å². The number of hydrogen-bond donors (Lipinski definition) is 2. The summed E-state index contributed by atoms with van der Waals surface area (Å²) in [4.78, 5) is 13.3. The van der Waals surface area contributed by atoms with Gasteiger partial charge in [0, 0.05) is 13.1 Å². The van der Waals surface area contributed by atoms with E-state index in [0.717, 1.165) is 24.4 Å². The van der Waals surface area contributed by atoms with Crippen molar-refractivity contribution in [1.82, 2.24) is 0 Å². The minimum atomic E-state index is -0.968. The van der Waals surface area contributed by atoms with Crippen molar-refractivity contribution in [3.05, 3.63) is 23.8 Å². The second-order valence-electron chi connectivity index (χ2n) is 5.57. The van der Waals surface area contributed by atoms with Crippen LogP contribution in [0.5, 0.6) is 0 Å². The number of hydrogen-bond acceptors (Lipinski definition) is 3. The standard InChI is InChI=1S/C15H22N2O2/c1-10-6-8-11(9-7-10)17(2)13-5-3-4-12(14(13)16)15(18)19/h3-5,10-11H,6-9,16H2,1-2H3,(H,18,19). The molecule has 1 aliphatic rings. The molecule has 3 N–H and O–H groups in total. The van der Waals surface area contributed by atoms with Crippen LogP contribution in [-0.2, 0) is 0 Å². The van der Waals surface area contributed by atoms with Gasteiger partial charge in [0.05, 0.1) is 16.9 Å². The fourth-order valence-electron chi connectivity index (χ4n) is 2.87. The molecular formula is C15H22N2O2. The first-order valence-corrected chi connectivity index (χ1v) is 6.85. The monoisotopic (exact) mass is 262 g/mol. The average Bonchev–Trinajstić information content (AvgIpc) is 2.38. The summed E-state index contributed by atoms with van der Waals surface area (Å²) in [6, 6.07) is 5.68. The molecule has 0 saturated heterocycles. The number of carboxylic acid groups (broad SMARTS) is 1. The zero-order valence-corrected chi connectivity index (χ0v) is 11.6. The molecule has 0 spiro atoms. The van der Waals surface area contributed by atoms with Crippen LogP contribution >= 0.6 is 0 Å². The van der Waals surface area contributed by atoms with Gasteiger partial charge in [0.2, 0.25) is 0 Å². The van der Waals surface area contributed by atoms with E-state index in [-0.39, 0.29) is 5.56 Å². The predicted molar refractivity (Wildman–Crippen MR) is 77.6 cm³/mol. The van der Waals surface area contributed by atoms with Gasteiger partial charge in [-0.05, 0) is 43.7 Å². The first kappa shape index (κ1) is 13.7. The molecule has 1 fully saturated rings. The van der Waals surface area contributed by atoms with E-state index in [0.29, 0.717) is 11.7 Å². The molecule has 0 unspecified atom stereocenters. The van der Waals surface area contributed by atoms with E-state index >= 15 is 0 Å². The summed E-state index contributed by atoms with van der Waals surface area (Å²) < 4.78 is 0. The van der Waals surface area contributed by atoms with Gasteiger partial charge in [-0.1, -0.05) is 13.0 Å². The lowest BCUT2D eigenvalue weighted by atomic mass is 9.86. The fraction of sp³-hybridized carbons (Fsp3) is 0.533. The first-order chi connectivity index (χ1) is 9.00. The van der Waals surface area contributed by atoms with Crippen LogP contribution in [0.1, 0.15) is 43.0 Å². The highest BCUT2D eigenvalue weighted by Gasteiger charge is 2.24. The molecule has 1 saturated carbocycles. The molecule has 4 heteroatoms. The number of para-hydroxylation sites is 1. The molecule has 2 rings (SSSR count). The Kier molecular flexibility index (Phi) is 3.98. The summed E-state index contributed by atoms with van der Waals surface area (Å²) in [5, 5.41) is 9.12. The van der Waals surface area contributed by atoms with Gasteiger partial charge < -0.3 is 15.7 Å². The lowest BCUT2D eigenvalue weighted by molar-refractivity contribution is 0.0698. The van der Waals surface area contributed by atoms with Gasteiger partial charge in [-0.3, -0.25) is 0 Å². The third kappa shape index (κ3) is 2.83. The van der Waals surface area contributed by atoms with Crippen molar-refractivity contribution in [2.45, 2.75) is 38.6 Å². The average molecular weight is 262 g/mol. The number of nitrogens with two attached hydrogens (primary N) is 1. The number of rotatable bonds is 3. The maximum absolute atomic E-state index is 11.1. The van der Waals surface area contributed by atoms with E-state index in [9.17, 15) is 4.79 Å². The number of carbonyl (C=O) groups is 1. The fourth-order valence-corrected chi connectivity index (χ4v) is 2.87. The Hall–Kier alpha value is -1.71. The lowest BCUT2D eigenvalue weighted by Gasteiger charge is -2.35. The van der Waals surface area contributed by atoms with Gasteiger partial charge in [-0.2, -0.15) is 0 Å². The Morgan fingerprint density at radius 3 is 2.53 bits per heavy atom. The van der Waals surface area contributed by atoms with E-state index in [1.807, 2.05) is 13.1 Å². The molecule has 19 heavy (non-hydrogen) atoms. The maximum Gasteiger partial charge on any atom is 0.337 e. The molecule has 0 radical (unpaired) electrons. The molecular weight excluding hydrogens is 240 g/mol. The van der Waals surface area contributed by atoms with E-state index in [4.69, 9.17) is 10.8 Å². The Labute approximate surface area is 114 Å². The molecule has 4 nitrogen and oxygen atoms in total. The second kappa shape index (κ2) is 5.51. The molecule has 0 amide bonds. The van der Waals surface area contributed by atoms with Crippen LogP contribution in [0, 0.1) is 5.92 Å². The van der Waals surface area contributed by atoms with Gasteiger partial charge in [-0.25, -0.2) is 4.79 Å². The zero-order chi connectivity index (χ0) is 14.0. The molecule has 1 aromatic rings. The first-order valence-electron chi connectivity index (χ1n) is 6.85. The highest BCUT2D eigenvalue weighted by Crippen LogP contribution is 2.33. The third-order valence-corrected chi connectivity index (χ3v) is 4.23. The molecule has 0 heterocycles. The number of nitrogen functional groups attached to an aromatic ring is 1. The zero-order valence-electron chi connectivity index (χ0n) is 11.6. The predicted octanol–water partition coefficient (Wildman–Crippen LogP) is 2.98. The van der Waals surface area contributed by atoms with E-state index in [2.05, 4.69) is 11.8 Å². The highest BCUT2D eigenvalue weighted by atomic mass is 16.4. The number of aromatic carboxylic acids is 1. The number of anilines is 2. The van der Waals surface area contributed by atoms with Crippen molar-refractivity contribution in [3.63, 3.8) is 0 Å². The molecule has 0 atom stereocenters. The van der Waals surface area contributed by atoms with E-state index < -0.39 is 5.97 Å². The molecule has 1 aromatic carbocycles. The van der Waals surface area contributed by atoms with Crippen LogP contribution in [0.25, 0.3) is 0 Å². The van der Waals surface area contributed by atoms with Crippen LogP contribution in [0.3, 0.4) is 0 Å². The van der Waals surface area contributed by atoms with Crippen LogP contribution in [0.15, 0.2) is 18.2 Å². The van der Waals surface area contributed by atoms with Crippen molar-refractivity contribution in [3.8, 4) is 0 Å². The van der Waals surface area contributed by atoms with Crippen LogP contribution in [0.2, 0.25) is 0 Å². The number of nitrogens with zero attached hydrogens (tertiary/aromatic N) is 1. The normalized spacial score (nSPS) is 23.1. The maximum atomic E-state index is 11.1. The number of carboxylic acids is 1. The second-order valence-corrected chi connectivity index (χ2v) is 5.57. The van der Waals surface area contributed by atoms with Crippen LogP contribution in [0.4, 0.5) is 11.4 Å². The molecule has 0 aromatic heterocycles. The molecule has 0 bridgehead atoms. The topological polar surface area (TPSA) is 66.6 Å². The van der Waals surface area contributed by atoms with Crippen molar-refractivity contribution in [2.24, 2.45) is 5.92 Å². The van der Waals surface area contributed by atoms with Gasteiger partial charge in [0.1, 0.15) is 0 Å². The molecule has 0 aliphatic heterocycles. The van der Waals surface area contributed by atoms with Crippen molar-refractivity contribution in [1.29, 1.82) is 0 Å². The lowest BCUT2D eigenvalue weighted by Crippen LogP contribution is -2.35. The van der Waals surface area contributed by atoms with Crippen molar-refractivity contribution >= 4 is 17.3 Å². The SMILES string of the molecule is CC1CCC(N(C)c2cccc(C(=O)O)c2N)CC1. The third-order valence-electron chi connectivity index (χ3n) is 4.23.